The molecule has 0 bridgehead atoms. The Morgan fingerprint density at radius 1 is 1.46 bits per heavy atom. The number of ether oxygens (including phenoxy) is 2. The molecule has 7 N–H and O–H groups in total. The van der Waals surface area contributed by atoms with Crippen molar-refractivity contribution in [3.63, 3.8) is 0 Å². The van der Waals surface area contributed by atoms with Crippen LogP contribution in [0.1, 0.15) is 24.3 Å². The molecule has 2 heterocycles. The highest BCUT2D eigenvalue weighted by molar-refractivity contribution is 5.98. The van der Waals surface area contributed by atoms with E-state index in [9.17, 15) is 14.7 Å². The minimum atomic E-state index is -0.743. The molecule has 12 heteroatoms. The van der Waals surface area contributed by atoms with Crippen molar-refractivity contribution in [3.05, 3.63) is 12.0 Å². The van der Waals surface area contributed by atoms with Crippen molar-refractivity contribution >= 4 is 30.1 Å². The van der Waals surface area contributed by atoms with Gasteiger partial charge in [0.15, 0.2) is 12.0 Å². The summed E-state index contributed by atoms with van der Waals surface area (Å²) in [5.41, 5.74) is 11.5. The molecule has 26 heavy (non-hydrogen) atoms. The lowest BCUT2D eigenvalue weighted by Gasteiger charge is -2.24. The molecule has 11 nitrogen and oxygen atoms in total. The van der Waals surface area contributed by atoms with Crippen LogP contribution in [0.25, 0.3) is 0 Å². The predicted octanol–water partition coefficient (Wildman–Crippen LogP) is -1.44. The van der Waals surface area contributed by atoms with E-state index in [1.54, 1.807) is 0 Å². The molecule has 148 valence electrons. The molecular formula is C14H25ClN6O5. The van der Waals surface area contributed by atoms with E-state index >= 15 is 0 Å². The minimum Gasteiger partial charge on any atom is -0.462 e. The fourth-order valence-corrected chi connectivity index (χ4v) is 2.07. The Kier molecular flexibility index (Phi) is 8.24. The molecule has 0 aromatic carbocycles. The average Bonchev–Trinajstić information content (AvgIpc) is 2.97. The number of carbonyl (C=O) groups excluding carboxylic acids is 2. The summed E-state index contributed by atoms with van der Waals surface area (Å²) < 4.78 is 12.1. The molecule has 0 aliphatic carbocycles. The number of fused-ring (bicyclic) bond motifs is 1. The molecule has 0 fully saturated rings. The lowest BCUT2D eigenvalue weighted by Crippen LogP contribution is -2.51. The molecule has 1 aliphatic rings. The van der Waals surface area contributed by atoms with Gasteiger partial charge in [-0.2, -0.15) is 0 Å². The Morgan fingerprint density at radius 2 is 2.15 bits per heavy atom. The van der Waals surface area contributed by atoms with Crippen molar-refractivity contribution in [2.75, 3.05) is 18.5 Å². The number of imidazole rings is 1. The molecule has 1 amide bonds. The Bertz CT molecular complexity index is 625. The quantitative estimate of drug-likeness (QED) is 0.333. The van der Waals surface area contributed by atoms with Gasteiger partial charge < -0.3 is 30.9 Å². The standard InChI is InChI=1S/C14H24N6O5.ClH/c1-7(2)9(15)13(23)24-4-8(3-21)25-6-20-5-17-10-11(20)18-14(16)19-12(10)22;/h5,7-9,14,18,21H,3-4,6,15-16H2,1-2H3,(H,19,22);1H/t8?,9-,14?;/m0./s1. The SMILES string of the molecule is CC(C)[C@H](N)C(=O)OCC(CO)OCn1cnc2c1NC(N)NC2=O.Cl. The summed E-state index contributed by atoms with van der Waals surface area (Å²) in [5, 5.41) is 14.7. The monoisotopic (exact) mass is 392 g/mol. The number of aliphatic hydroxyl groups is 1. The zero-order chi connectivity index (χ0) is 18.6. The van der Waals surface area contributed by atoms with E-state index in [0.29, 0.717) is 5.82 Å². The van der Waals surface area contributed by atoms with Gasteiger partial charge in [-0.3, -0.25) is 19.9 Å². The van der Waals surface area contributed by atoms with Crippen LogP contribution >= 0.6 is 12.4 Å². The van der Waals surface area contributed by atoms with Crippen molar-refractivity contribution in [1.82, 2.24) is 14.9 Å². The van der Waals surface area contributed by atoms with Crippen molar-refractivity contribution in [1.29, 1.82) is 0 Å². The van der Waals surface area contributed by atoms with E-state index in [-0.39, 0.29) is 44.0 Å². The van der Waals surface area contributed by atoms with Crippen LogP contribution in [0.5, 0.6) is 0 Å². The van der Waals surface area contributed by atoms with E-state index in [1.807, 2.05) is 13.8 Å². The maximum absolute atomic E-state index is 11.7. The van der Waals surface area contributed by atoms with Gasteiger partial charge >= 0.3 is 5.97 Å². The van der Waals surface area contributed by atoms with Gasteiger partial charge in [0, 0.05) is 0 Å². The highest BCUT2D eigenvalue weighted by Gasteiger charge is 2.26. The molecule has 2 rings (SSSR count). The maximum atomic E-state index is 11.7. The Labute approximate surface area is 156 Å². The number of aliphatic hydroxyl groups excluding tert-OH is 1. The Morgan fingerprint density at radius 3 is 2.77 bits per heavy atom. The van der Waals surface area contributed by atoms with Gasteiger partial charge in [-0.25, -0.2) is 4.98 Å². The Hall–Kier alpha value is -1.92. The third kappa shape index (κ3) is 5.29. The number of aromatic nitrogens is 2. The second-order valence-electron chi connectivity index (χ2n) is 6.01. The number of anilines is 1. The molecule has 1 aromatic heterocycles. The first-order valence-electron chi connectivity index (χ1n) is 7.86. The van der Waals surface area contributed by atoms with Gasteiger partial charge in [0.05, 0.1) is 12.9 Å². The van der Waals surface area contributed by atoms with Gasteiger partial charge in [0.1, 0.15) is 31.3 Å². The first-order valence-corrected chi connectivity index (χ1v) is 7.86. The first kappa shape index (κ1) is 22.1. The molecule has 0 spiro atoms. The molecule has 0 saturated heterocycles. The van der Waals surface area contributed by atoms with Gasteiger partial charge in [0.25, 0.3) is 5.91 Å². The Balaban J connectivity index is 0.00000338. The smallest absolute Gasteiger partial charge is 0.323 e. The number of amides is 1. The highest BCUT2D eigenvalue weighted by atomic mass is 35.5. The van der Waals surface area contributed by atoms with Crippen molar-refractivity contribution in [2.45, 2.75) is 39.0 Å². The summed E-state index contributed by atoms with van der Waals surface area (Å²) >= 11 is 0. The lowest BCUT2D eigenvalue weighted by atomic mass is 10.1. The van der Waals surface area contributed by atoms with Crippen LogP contribution in [0.15, 0.2) is 6.33 Å². The second-order valence-corrected chi connectivity index (χ2v) is 6.01. The molecule has 3 atom stereocenters. The topological polar surface area (TPSA) is 167 Å². The van der Waals surface area contributed by atoms with Gasteiger partial charge in [-0.1, -0.05) is 13.8 Å². The maximum Gasteiger partial charge on any atom is 0.323 e. The summed E-state index contributed by atoms with van der Waals surface area (Å²) in [6, 6.07) is -0.732. The number of nitrogens with two attached hydrogens (primary N) is 2. The number of halogens is 1. The number of nitrogens with one attached hydrogen (secondary N) is 2. The van der Waals surface area contributed by atoms with Crippen molar-refractivity contribution in [2.24, 2.45) is 17.4 Å². The summed E-state index contributed by atoms with van der Waals surface area (Å²) in [7, 11) is 0. The molecule has 1 aliphatic heterocycles. The predicted molar refractivity (Wildman–Crippen MR) is 94.3 cm³/mol. The van der Waals surface area contributed by atoms with Crippen LogP contribution in [0, 0.1) is 5.92 Å². The molecular weight excluding hydrogens is 368 g/mol. The number of nitrogens with zero attached hydrogens (tertiary/aromatic N) is 2. The normalized spacial score (nSPS) is 18.2. The number of rotatable bonds is 8. The number of esters is 1. The number of hydrogen-bond acceptors (Lipinski definition) is 9. The summed E-state index contributed by atoms with van der Waals surface area (Å²) in [6.07, 6.45) is -0.0697. The zero-order valence-corrected chi connectivity index (χ0v) is 15.4. The van der Waals surface area contributed by atoms with Crippen LogP contribution < -0.4 is 22.1 Å². The first-order chi connectivity index (χ1) is 11.8. The van der Waals surface area contributed by atoms with Crippen LogP contribution in [-0.2, 0) is 21.0 Å². The summed E-state index contributed by atoms with van der Waals surface area (Å²) in [6.45, 7) is 3.10. The molecule has 0 radical (unpaired) electrons. The second kappa shape index (κ2) is 9.69. The van der Waals surface area contributed by atoms with E-state index in [2.05, 4.69) is 15.6 Å². The number of hydrogen-bond donors (Lipinski definition) is 5. The van der Waals surface area contributed by atoms with E-state index in [1.165, 1.54) is 10.9 Å². The van der Waals surface area contributed by atoms with E-state index in [4.69, 9.17) is 20.9 Å². The van der Waals surface area contributed by atoms with Crippen LogP contribution in [-0.4, -0.2) is 58.2 Å². The fourth-order valence-electron chi connectivity index (χ4n) is 2.07. The van der Waals surface area contributed by atoms with E-state index < -0.39 is 30.3 Å². The zero-order valence-electron chi connectivity index (χ0n) is 14.5. The van der Waals surface area contributed by atoms with Crippen LogP contribution in [0.4, 0.5) is 5.82 Å². The summed E-state index contributed by atoms with van der Waals surface area (Å²) in [5.74, 6) is -0.594. The van der Waals surface area contributed by atoms with Gasteiger partial charge in [-0.15, -0.1) is 12.4 Å². The van der Waals surface area contributed by atoms with Gasteiger partial charge in [0.2, 0.25) is 0 Å². The van der Waals surface area contributed by atoms with E-state index in [0.717, 1.165) is 0 Å². The fraction of sp³-hybridized carbons (Fsp3) is 0.643. The van der Waals surface area contributed by atoms with Crippen molar-refractivity contribution < 1.29 is 24.2 Å². The summed E-state index contributed by atoms with van der Waals surface area (Å²) in [4.78, 5) is 27.5. The molecule has 1 aromatic rings. The van der Waals surface area contributed by atoms with Crippen LogP contribution in [0.3, 0.4) is 0 Å². The third-order valence-corrected chi connectivity index (χ3v) is 3.69. The average molecular weight is 393 g/mol. The van der Waals surface area contributed by atoms with Crippen LogP contribution in [0.2, 0.25) is 0 Å². The lowest BCUT2D eigenvalue weighted by molar-refractivity contribution is -0.153. The molecule has 2 unspecified atom stereocenters. The number of carbonyl (C=O) groups is 2. The highest BCUT2D eigenvalue weighted by Crippen LogP contribution is 2.18. The minimum absolute atomic E-state index is 0. The van der Waals surface area contributed by atoms with Crippen molar-refractivity contribution in [3.8, 4) is 0 Å². The largest absolute Gasteiger partial charge is 0.462 e. The molecule has 0 saturated carbocycles. The third-order valence-electron chi connectivity index (χ3n) is 3.69. The van der Waals surface area contributed by atoms with Gasteiger partial charge in [-0.05, 0) is 5.92 Å².